The van der Waals surface area contributed by atoms with E-state index < -0.39 is 0 Å². The number of aliphatic hydroxyl groups excluding tert-OH is 1. The highest BCUT2D eigenvalue weighted by atomic mass is 16.2. The van der Waals surface area contributed by atoms with E-state index in [2.05, 4.69) is 45.0 Å². The average molecular weight is 272 g/mol. The van der Waals surface area contributed by atoms with E-state index in [1.165, 1.54) is 19.3 Å². The molecule has 0 rings (SSSR count). The van der Waals surface area contributed by atoms with Crippen LogP contribution in [0.15, 0.2) is 0 Å². The molecule has 0 aliphatic rings. The van der Waals surface area contributed by atoms with Gasteiger partial charge in [-0.2, -0.15) is 0 Å². The fourth-order valence-corrected chi connectivity index (χ4v) is 2.68. The van der Waals surface area contributed by atoms with Gasteiger partial charge in [-0.05, 0) is 44.7 Å². The molecule has 0 bridgehead atoms. The second kappa shape index (κ2) is 10.6. The van der Waals surface area contributed by atoms with Crippen molar-refractivity contribution in [3.8, 4) is 0 Å². The highest BCUT2D eigenvalue weighted by Crippen LogP contribution is 2.24. The van der Waals surface area contributed by atoms with Crippen molar-refractivity contribution in [2.24, 2.45) is 5.41 Å². The highest BCUT2D eigenvalue weighted by molar-refractivity contribution is 4.80. The second-order valence-electron chi connectivity index (χ2n) is 6.62. The summed E-state index contributed by atoms with van der Waals surface area (Å²) in [6.45, 7) is 12.8. The Morgan fingerprint density at radius 3 is 2.42 bits per heavy atom. The van der Waals surface area contributed by atoms with Crippen LogP contribution in [-0.4, -0.2) is 49.3 Å². The Kier molecular flexibility index (Phi) is 10.6. The van der Waals surface area contributed by atoms with Gasteiger partial charge in [0, 0.05) is 25.7 Å². The zero-order chi connectivity index (χ0) is 14.7. The monoisotopic (exact) mass is 272 g/mol. The number of nitrogens with zero attached hydrogens (tertiary/aromatic N) is 1. The summed E-state index contributed by atoms with van der Waals surface area (Å²) in [5.41, 5.74) is 0.366. The first-order chi connectivity index (χ1) is 8.93. The second-order valence-corrected chi connectivity index (χ2v) is 6.62. The molecule has 0 saturated heterocycles. The van der Waals surface area contributed by atoms with Gasteiger partial charge < -0.3 is 15.3 Å². The van der Waals surface area contributed by atoms with Gasteiger partial charge in [-0.25, -0.2) is 0 Å². The number of hydrogen-bond acceptors (Lipinski definition) is 3. The standard InChI is InChI=1S/C16H36N2O/c1-6-10-16(4,13-17-15(2)3)14-18(5)11-8-7-9-12-19/h15,17,19H,6-14H2,1-5H3. The minimum atomic E-state index is 0.329. The van der Waals surface area contributed by atoms with Gasteiger partial charge in [0.15, 0.2) is 0 Å². The minimum Gasteiger partial charge on any atom is -0.396 e. The number of unbranched alkanes of at least 4 members (excludes halogenated alkanes) is 2. The zero-order valence-electron chi connectivity index (χ0n) is 13.8. The van der Waals surface area contributed by atoms with E-state index in [4.69, 9.17) is 5.11 Å². The van der Waals surface area contributed by atoms with E-state index in [0.717, 1.165) is 32.5 Å². The van der Waals surface area contributed by atoms with Crippen LogP contribution in [0.5, 0.6) is 0 Å². The number of rotatable bonds is 12. The van der Waals surface area contributed by atoms with Crippen molar-refractivity contribution in [3.63, 3.8) is 0 Å². The van der Waals surface area contributed by atoms with Crippen LogP contribution >= 0.6 is 0 Å². The number of hydrogen-bond donors (Lipinski definition) is 2. The molecule has 0 heterocycles. The molecule has 0 aliphatic heterocycles. The van der Waals surface area contributed by atoms with Crippen LogP contribution < -0.4 is 5.32 Å². The fraction of sp³-hybridized carbons (Fsp3) is 1.00. The normalized spacial score (nSPS) is 15.2. The minimum absolute atomic E-state index is 0.329. The maximum Gasteiger partial charge on any atom is 0.0431 e. The van der Waals surface area contributed by atoms with E-state index in [-0.39, 0.29) is 0 Å². The van der Waals surface area contributed by atoms with Crippen LogP contribution in [0.1, 0.15) is 59.8 Å². The van der Waals surface area contributed by atoms with Gasteiger partial charge in [-0.15, -0.1) is 0 Å². The van der Waals surface area contributed by atoms with E-state index in [1.54, 1.807) is 0 Å². The summed E-state index contributed by atoms with van der Waals surface area (Å²) >= 11 is 0. The van der Waals surface area contributed by atoms with Crippen LogP contribution in [0, 0.1) is 5.41 Å². The Hall–Kier alpha value is -0.120. The lowest BCUT2D eigenvalue weighted by Crippen LogP contribution is -2.43. The van der Waals surface area contributed by atoms with Crippen molar-refractivity contribution in [2.75, 3.05) is 33.3 Å². The predicted octanol–water partition coefficient (Wildman–Crippen LogP) is 2.89. The van der Waals surface area contributed by atoms with Crippen LogP contribution in [0.4, 0.5) is 0 Å². The first kappa shape index (κ1) is 18.9. The van der Waals surface area contributed by atoms with Crippen LogP contribution in [-0.2, 0) is 0 Å². The summed E-state index contributed by atoms with van der Waals surface area (Å²) in [7, 11) is 2.22. The summed E-state index contributed by atoms with van der Waals surface area (Å²) in [5, 5.41) is 12.4. The molecule has 0 aliphatic carbocycles. The lowest BCUT2D eigenvalue weighted by Gasteiger charge is -2.35. The summed E-state index contributed by atoms with van der Waals surface area (Å²) in [5.74, 6) is 0. The van der Waals surface area contributed by atoms with Gasteiger partial charge in [0.2, 0.25) is 0 Å². The van der Waals surface area contributed by atoms with E-state index in [9.17, 15) is 0 Å². The molecule has 1 unspecified atom stereocenters. The van der Waals surface area contributed by atoms with E-state index in [1.807, 2.05) is 0 Å². The number of nitrogens with one attached hydrogen (secondary N) is 1. The molecule has 0 aromatic heterocycles. The largest absolute Gasteiger partial charge is 0.396 e. The summed E-state index contributed by atoms with van der Waals surface area (Å²) in [6, 6.07) is 0.561. The average Bonchev–Trinajstić information content (AvgIpc) is 2.32. The third-order valence-corrected chi connectivity index (χ3v) is 3.64. The maximum absolute atomic E-state index is 8.79. The maximum atomic E-state index is 8.79. The van der Waals surface area contributed by atoms with Gasteiger partial charge in [-0.3, -0.25) is 0 Å². The van der Waals surface area contributed by atoms with Crippen molar-refractivity contribution in [1.29, 1.82) is 0 Å². The first-order valence-electron chi connectivity index (χ1n) is 7.96. The van der Waals surface area contributed by atoms with E-state index >= 15 is 0 Å². The molecule has 2 N–H and O–H groups in total. The SMILES string of the molecule is CCCC(C)(CNC(C)C)CN(C)CCCCCO. The summed E-state index contributed by atoms with van der Waals surface area (Å²) in [6.07, 6.45) is 5.78. The molecule has 0 amide bonds. The molecule has 1 atom stereocenters. The molecule has 0 aromatic rings. The molecule has 116 valence electrons. The summed E-state index contributed by atoms with van der Waals surface area (Å²) < 4.78 is 0. The Labute approximate surface area is 120 Å². The summed E-state index contributed by atoms with van der Waals surface area (Å²) in [4.78, 5) is 2.45. The van der Waals surface area contributed by atoms with Crippen LogP contribution in [0.25, 0.3) is 0 Å². The molecule has 0 saturated carbocycles. The first-order valence-corrected chi connectivity index (χ1v) is 7.96. The lowest BCUT2D eigenvalue weighted by molar-refractivity contribution is 0.167. The van der Waals surface area contributed by atoms with Gasteiger partial charge >= 0.3 is 0 Å². The Morgan fingerprint density at radius 2 is 1.89 bits per heavy atom. The lowest BCUT2D eigenvalue weighted by atomic mass is 9.84. The Bertz CT molecular complexity index is 209. The molecule has 19 heavy (non-hydrogen) atoms. The molecule has 0 spiro atoms. The van der Waals surface area contributed by atoms with Crippen LogP contribution in [0.3, 0.4) is 0 Å². The molecule has 0 radical (unpaired) electrons. The zero-order valence-corrected chi connectivity index (χ0v) is 13.8. The molecule has 0 aromatic carbocycles. The van der Waals surface area contributed by atoms with Crippen molar-refractivity contribution in [2.45, 2.75) is 65.8 Å². The molecule has 3 heteroatoms. The third kappa shape index (κ3) is 10.3. The van der Waals surface area contributed by atoms with Crippen molar-refractivity contribution in [1.82, 2.24) is 10.2 Å². The quantitative estimate of drug-likeness (QED) is 0.536. The Balaban J connectivity index is 4.08. The molecule has 0 fully saturated rings. The molecule has 3 nitrogen and oxygen atoms in total. The third-order valence-electron chi connectivity index (χ3n) is 3.64. The van der Waals surface area contributed by atoms with Gasteiger partial charge in [0.05, 0.1) is 0 Å². The smallest absolute Gasteiger partial charge is 0.0431 e. The van der Waals surface area contributed by atoms with Gasteiger partial charge in [0.25, 0.3) is 0 Å². The van der Waals surface area contributed by atoms with Crippen LogP contribution in [0.2, 0.25) is 0 Å². The molecular weight excluding hydrogens is 236 g/mol. The topological polar surface area (TPSA) is 35.5 Å². The van der Waals surface area contributed by atoms with E-state index in [0.29, 0.717) is 18.1 Å². The van der Waals surface area contributed by atoms with Gasteiger partial charge in [0.1, 0.15) is 0 Å². The fourth-order valence-electron chi connectivity index (χ4n) is 2.68. The predicted molar refractivity (Wildman–Crippen MR) is 84.6 cm³/mol. The van der Waals surface area contributed by atoms with Crippen molar-refractivity contribution in [3.05, 3.63) is 0 Å². The van der Waals surface area contributed by atoms with Crippen molar-refractivity contribution < 1.29 is 5.11 Å². The van der Waals surface area contributed by atoms with Gasteiger partial charge in [-0.1, -0.05) is 34.1 Å². The van der Waals surface area contributed by atoms with Crippen molar-refractivity contribution >= 4 is 0 Å². The Morgan fingerprint density at radius 1 is 1.21 bits per heavy atom. The highest BCUT2D eigenvalue weighted by Gasteiger charge is 2.24. The number of aliphatic hydroxyl groups is 1. The molecular formula is C16H36N2O.